The van der Waals surface area contributed by atoms with Crippen LogP contribution >= 0.6 is 0 Å². The van der Waals surface area contributed by atoms with Gasteiger partial charge in [-0.25, -0.2) is 0 Å². The summed E-state index contributed by atoms with van der Waals surface area (Å²) in [4.78, 5) is 30.1. The molecule has 0 aromatic rings. The van der Waals surface area contributed by atoms with Crippen molar-refractivity contribution in [2.45, 2.75) is 64.6 Å². The molecule has 26 heavy (non-hydrogen) atoms. The van der Waals surface area contributed by atoms with E-state index in [4.69, 9.17) is 4.74 Å². The third kappa shape index (κ3) is 5.43. The number of hydrogen-bond donors (Lipinski definition) is 0. The molecule has 3 saturated heterocycles. The van der Waals surface area contributed by atoms with Crippen LogP contribution in [-0.2, 0) is 14.3 Å². The zero-order valence-electron chi connectivity index (χ0n) is 16.5. The van der Waals surface area contributed by atoms with Crippen LogP contribution in [0, 0.1) is 5.92 Å². The predicted molar refractivity (Wildman–Crippen MR) is 101 cm³/mol. The molecule has 0 saturated carbocycles. The molecule has 2 amide bonds. The largest absolute Gasteiger partial charge is 0.375 e. The van der Waals surface area contributed by atoms with E-state index >= 15 is 0 Å². The first-order valence-electron chi connectivity index (χ1n) is 10.4. The van der Waals surface area contributed by atoms with Crippen molar-refractivity contribution in [1.29, 1.82) is 0 Å². The van der Waals surface area contributed by atoms with Gasteiger partial charge < -0.3 is 14.5 Å². The Kier molecular flexibility index (Phi) is 6.92. The van der Waals surface area contributed by atoms with Gasteiger partial charge in [-0.05, 0) is 44.4 Å². The number of ether oxygens (including phenoxy) is 1. The minimum absolute atomic E-state index is 0.171. The maximum atomic E-state index is 12.5. The minimum atomic E-state index is 0.171. The van der Waals surface area contributed by atoms with E-state index in [9.17, 15) is 9.59 Å². The molecule has 0 unspecified atom stereocenters. The molecule has 0 radical (unpaired) electrons. The van der Waals surface area contributed by atoms with Crippen LogP contribution in [0.2, 0.25) is 0 Å². The first-order chi connectivity index (χ1) is 12.5. The molecule has 3 rings (SSSR count). The summed E-state index contributed by atoms with van der Waals surface area (Å²) in [6.45, 7) is 9.89. The number of hydrogen-bond acceptors (Lipinski definition) is 4. The van der Waals surface area contributed by atoms with Gasteiger partial charge in [0.25, 0.3) is 0 Å². The SMILES string of the molecule is CC(=O)N1CCC(OC2CCN(CC(=O)N3CCC(C)CC3)CC2)CC1. The highest BCUT2D eigenvalue weighted by Gasteiger charge is 2.28. The fraction of sp³-hybridized carbons (Fsp3) is 0.900. The minimum Gasteiger partial charge on any atom is -0.375 e. The molecular formula is C20H35N3O3. The van der Waals surface area contributed by atoms with Gasteiger partial charge in [0.05, 0.1) is 18.8 Å². The Morgan fingerprint density at radius 3 is 1.85 bits per heavy atom. The lowest BCUT2D eigenvalue weighted by atomic mass is 9.99. The lowest BCUT2D eigenvalue weighted by Crippen LogP contribution is -2.47. The average molecular weight is 366 g/mol. The highest BCUT2D eigenvalue weighted by atomic mass is 16.5. The summed E-state index contributed by atoms with van der Waals surface area (Å²) >= 11 is 0. The van der Waals surface area contributed by atoms with E-state index in [0.717, 1.165) is 83.7 Å². The first kappa shape index (κ1) is 19.6. The van der Waals surface area contributed by atoms with Gasteiger partial charge in [-0.3, -0.25) is 14.5 Å². The second kappa shape index (κ2) is 9.18. The predicted octanol–water partition coefficient (Wildman–Crippen LogP) is 1.74. The molecule has 3 fully saturated rings. The van der Waals surface area contributed by atoms with Crippen molar-refractivity contribution in [1.82, 2.24) is 14.7 Å². The summed E-state index contributed by atoms with van der Waals surface area (Å²) in [5.41, 5.74) is 0. The maximum absolute atomic E-state index is 12.5. The monoisotopic (exact) mass is 365 g/mol. The van der Waals surface area contributed by atoms with Crippen LogP contribution in [0.3, 0.4) is 0 Å². The van der Waals surface area contributed by atoms with Crippen LogP contribution in [0.1, 0.15) is 52.4 Å². The van der Waals surface area contributed by atoms with Crippen LogP contribution in [0.15, 0.2) is 0 Å². The summed E-state index contributed by atoms with van der Waals surface area (Å²) in [5.74, 6) is 1.23. The molecule has 3 aliphatic rings. The second-order valence-electron chi connectivity index (χ2n) is 8.38. The van der Waals surface area contributed by atoms with Gasteiger partial charge in [-0.2, -0.15) is 0 Å². The molecule has 0 aromatic carbocycles. The molecule has 3 aliphatic heterocycles. The van der Waals surface area contributed by atoms with Crippen molar-refractivity contribution >= 4 is 11.8 Å². The number of carbonyl (C=O) groups is 2. The molecule has 0 aromatic heterocycles. The third-order valence-corrected chi connectivity index (χ3v) is 6.30. The highest BCUT2D eigenvalue weighted by Crippen LogP contribution is 2.22. The van der Waals surface area contributed by atoms with E-state index < -0.39 is 0 Å². The van der Waals surface area contributed by atoms with Crippen LogP contribution in [-0.4, -0.2) is 84.5 Å². The lowest BCUT2D eigenvalue weighted by Gasteiger charge is -2.37. The fourth-order valence-corrected chi connectivity index (χ4v) is 4.33. The van der Waals surface area contributed by atoms with E-state index in [2.05, 4.69) is 11.8 Å². The first-order valence-corrected chi connectivity index (χ1v) is 10.4. The van der Waals surface area contributed by atoms with Gasteiger partial charge in [-0.1, -0.05) is 6.92 Å². The van der Waals surface area contributed by atoms with E-state index in [0.29, 0.717) is 24.7 Å². The fourth-order valence-electron chi connectivity index (χ4n) is 4.33. The normalized spacial score (nSPS) is 24.8. The van der Waals surface area contributed by atoms with Crippen LogP contribution in [0.5, 0.6) is 0 Å². The Morgan fingerprint density at radius 2 is 1.31 bits per heavy atom. The Balaban J connectivity index is 1.33. The number of nitrogens with zero attached hydrogens (tertiary/aromatic N) is 3. The zero-order chi connectivity index (χ0) is 18.5. The molecule has 0 bridgehead atoms. The van der Waals surface area contributed by atoms with Crippen molar-refractivity contribution in [2.75, 3.05) is 45.8 Å². The number of amides is 2. The number of carbonyl (C=O) groups excluding carboxylic acids is 2. The van der Waals surface area contributed by atoms with Gasteiger partial charge in [0.15, 0.2) is 0 Å². The van der Waals surface area contributed by atoms with E-state index in [1.165, 1.54) is 0 Å². The molecule has 6 nitrogen and oxygen atoms in total. The van der Waals surface area contributed by atoms with Gasteiger partial charge in [0.1, 0.15) is 0 Å². The average Bonchev–Trinajstić information content (AvgIpc) is 2.64. The molecular weight excluding hydrogens is 330 g/mol. The number of rotatable bonds is 4. The molecule has 6 heteroatoms. The summed E-state index contributed by atoms with van der Waals surface area (Å²) < 4.78 is 6.28. The molecule has 0 aliphatic carbocycles. The third-order valence-electron chi connectivity index (χ3n) is 6.30. The van der Waals surface area contributed by atoms with Crippen LogP contribution in [0.25, 0.3) is 0 Å². The summed E-state index contributed by atoms with van der Waals surface area (Å²) in [6.07, 6.45) is 6.81. The van der Waals surface area contributed by atoms with Crippen LogP contribution < -0.4 is 0 Å². The van der Waals surface area contributed by atoms with Crippen molar-refractivity contribution < 1.29 is 14.3 Å². The lowest BCUT2D eigenvalue weighted by molar-refractivity contribution is -0.136. The summed E-state index contributed by atoms with van der Waals surface area (Å²) in [6, 6.07) is 0. The molecule has 148 valence electrons. The molecule has 0 N–H and O–H groups in total. The second-order valence-corrected chi connectivity index (χ2v) is 8.38. The Morgan fingerprint density at radius 1 is 0.808 bits per heavy atom. The maximum Gasteiger partial charge on any atom is 0.236 e. The van der Waals surface area contributed by atoms with Gasteiger partial charge in [-0.15, -0.1) is 0 Å². The van der Waals surface area contributed by atoms with Crippen molar-refractivity contribution in [3.8, 4) is 0 Å². The highest BCUT2D eigenvalue weighted by molar-refractivity contribution is 5.78. The summed E-state index contributed by atoms with van der Waals surface area (Å²) in [7, 11) is 0. The zero-order valence-corrected chi connectivity index (χ0v) is 16.5. The topological polar surface area (TPSA) is 53.1 Å². The molecule has 0 spiro atoms. The van der Waals surface area contributed by atoms with Crippen molar-refractivity contribution in [3.05, 3.63) is 0 Å². The Hall–Kier alpha value is -1.14. The van der Waals surface area contributed by atoms with E-state index in [1.54, 1.807) is 6.92 Å². The molecule has 0 atom stereocenters. The Labute approximate surface area is 157 Å². The molecule has 3 heterocycles. The van der Waals surface area contributed by atoms with Crippen molar-refractivity contribution in [3.63, 3.8) is 0 Å². The quantitative estimate of drug-likeness (QED) is 0.761. The van der Waals surface area contributed by atoms with Crippen LogP contribution in [0.4, 0.5) is 0 Å². The number of piperidine rings is 3. The Bertz CT molecular complexity index is 475. The van der Waals surface area contributed by atoms with Crippen molar-refractivity contribution in [2.24, 2.45) is 5.92 Å². The van der Waals surface area contributed by atoms with Gasteiger partial charge >= 0.3 is 0 Å². The van der Waals surface area contributed by atoms with Gasteiger partial charge in [0, 0.05) is 46.2 Å². The smallest absolute Gasteiger partial charge is 0.236 e. The van der Waals surface area contributed by atoms with Gasteiger partial charge in [0.2, 0.25) is 11.8 Å². The number of likely N-dealkylation sites (tertiary alicyclic amines) is 3. The van der Waals surface area contributed by atoms with E-state index in [-0.39, 0.29) is 5.91 Å². The van der Waals surface area contributed by atoms with E-state index in [1.807, 2.05) is 9.80 Å². The standard InChI is InChI=1S/C20H35N3O3/c1-16-3-11-23(12-4-16)20(25)15-21-9-5-18(6-10-21)26-19-7-13-22(14-8-19)17(2)24/h16,18-19H,3-15H2,1-2H3. The summed E-state index contributed by atoms with van der Waals surface area (Å²) in [5, 5.41) is 0.